The number of hydrogen-bond acceptors (Lipinski definition) is 4. The molecule has 0 heterocycles. The standard InChI is InChI=1S/C7H13FO4/c1-2-3(8)5(10)7(12)6(11)4(2)9/h2-7,9-12H,1H3. The summed E-state index contributed by atoms with van der Waals surface area (Å²) >= 11 is 0. The lowest BCUT2D eigenvalue weighted by atomic mass is 9.80. The van der Waals surface area contributed by atoms with Crippen LogP contribution in [0.2, 0.25) is 0 Å². The molecule has 1 rings (SSSR count). The number of rotatable bonds is 0. The van der Waals surface area contributed by atoms with Crippen molar-refractivity contribution in [3.05, 3.63) is 0 Å². The zero-order chi connectivity index (χ0) is 9.46. The summed E-state index contributed by atoms with van der Waals surface area (Å²) in [6, 6.07) is 0. The van der Waals surface area contributed by atoms with Crippen molar-refractivity contribution in [1.29, 1.82) is 0 Å². The molecule has 4 nitrogen and oxygen atoms in total. The molecular weight excluding hydrogens is 167 g/mol. The van der Waals surface area contributed by atoms with E-state index in [0.717, 1.165) is 0 Å². The van der Waals surface area contributed by atoms with Crippen molar-refractivity contribution < 1.29 is 24.8 Å². The Kier molecular flexibility index (Phi) is 2.67. The fraction of sp³-hybridized carbons (Fsp3) is 1.00. The van der Waals surface area contributed by atoms with Crippen molar-refractivity contribution in [3.63, 3.8) is 0 Å². The van der Waals surface area contributed by atoms with Crippen molar-refractivity contribution in [2.45, 2.75) is 37.5 Å². The number of alkyl halides is 1. The largest absolute Gasteiger partial charge is 0.390 e. The molecule has 1 fully saturated rings. The van der Waals surface area contributed by atoms with Crippen LogP contribution in [0.25, 0.3) is 0 Å². The molecule has 6 atom stereocenters. The lowest BCUT2D eigenvalue weighted by Gasteiger charge is -2.39. The van der Waals surface area contributed by atoms with Crippen molar-refractivity contribution in [2.75, 3.05) is 0 Å². The van der Waals surface area contributed by atoms with E-state index in [0.29, 0.717) is 0 Å². The zero-order valence-corrected chi connectivity index (χ0v) is 6.63. The number of aliphatic hydroxyl groups is 4. The van der Waals surface area contributed by atoms with Gasteiger partial charge in [-0.05, 0) is 0 Å². The van der Waals surface area contributed by atoms with Gasteiger partial charge in [-0.3, -0.25) is 0 Å². The molecule has 72 valence electrons. The van der Waals surface area contributed by atoms with Gasteiger partial charge in [-0.2, -0.15) is 0 Å². The van der Waals surface area contributed by atoms with Gasteiger partial charge in [0, 0.05) is 5.92 Å². The van der Waals surface area contributed by atoms with Crippen LogP contribution < -0.4 is 0 Å². The molecule has 0 aromatic rings. The SMILES string of the molecule is CC1C(O)C(O)C(O)C(O)C1F. The molecule has 0 radical (unpaired) electrons. The van der Waals surface area contributed by atoms with Gasteiger partial charge in [-0.15, -0.1) is 0 Å². The van der Waals surface area contributed by atoms with Crippen LogP contribution in [0.3, 0.4) is 0 Å². The van der Waals surface area contributed by atoms with Crippen molar-refractivity contribution >= 4 is 0 Å². The van der Waals surface area contributed by atoms with E-state index < -0.39 is 36.5 Å². The Morgan fingerprint density at radius 1 is 0.833 bits per heavy atom. The van der Waals surface area contributed by atoms with E-state index in [1.165, 1.54) is 6.92 Å². The van der Waals surface area contributed by atoms with E-state index in [1.807, 2.05) is 0 Å². The molecule has 0 amide bonds. The molecule has 4 N–H and O–H groups in total. The van der Waals surface area contributed by atoms with Crippen LogP contribution in [0.4, 0.5) is 4.39 Å². The minimum Gasteiger partial charge on any atom is -0.390 e. The summed E-state index contributed by atoms with van der Waals surface area (Å²) in [7, 11) is 0. The first-order valence-corrected chi connectivity index (χ1v) is 3.83. The van der Waals surface area contributed by atoms with E-state index in [-0.39, 0.29) is 0 Å². The average molecular weight is 180 g/mol. The molecule has 0 aromatic heterocycles. The average Bonchev–Trinajstić information content (AvgIpc) is 2.08. The van der Waals surface area contributed by atoms with Gasteiger partial charge in [-0.1, -0.05) is 6.92 Å². The van der Waals surface area contributed by atoms with Gasteiger partial charge in [0.25, 0.3) is 0 Å². The van der Waals surface area contributed by atoms with Gasteiger partial charge in [0.2, 0.25) is 0 Å². The summed E-state index contributed by atoms with van der Waals surface area (Å²) < 4.78 is 13.0. The van der Waals surface area contributed by atoms with E-state index in [9.17, 15) is 4.39 Å². The maximum Gasteiger partial charge on any atom is 0.134 e. The van der Waals surface area contributed by atoms with Crippen LogP contribution in [0.1, 0.15) is 6.92 Å². The second-order valence-electron chi connectivity index (χ2n) is 3.27. The minimum atomic E-state index is -1.70. The smallest absolute Gasteiger partial charge is 0.134 e. The molecule has 0 bridgehead atoms. The number of halogens is 1. The van der Waals surface area contributed by atoms with Crippen molar-refractivity contribution in [2.24, 2.45) is 5.92 Å². The fourth-order valence-corrected chi connectivity index (χ4v) is 1.40. The predicted molar refractivity (Wildman–Crippen MR) is 38.1 cm³/mol. The molecule has 0 saturated heterocycles. The molecule has 12 heavy (non-hydrogen) atoms. The van der Waals surface area contributed by atoms with Gasteiger partial charge >= 0.3 is 0 Å². The Morgan fingerprint density at radius 2 is 1.25 bits per heavy atom. The zero-order valence-electron chi connectivity index (χ0n) is 6.63. The third kappa shape index (κ3) is 1.33. The maximum atomic E-state index is 13.0. The lowest BCUT2D eigenvalue weighted by Crippen LogP contribution is -2.58. The molecule has 1 aliphatic rings. The summed E-state index contributed by atoms with van der Waals surface area (Å²) in [6.45, 7) is 1.37. The normalized spacial score (nSPS) is 55.5. The molecular formula is C7H13FO4. The summed E-state index contributed by atoms with van der Waals surface area (Å²) in [6.07, 6.45) is -7.71. The Hall–Kier alpha value is -0.230. The molecule has 6 unspecified atom stereocenters. The van der Waals surface area contributed by atoms with E-state index in [1.54, 1.807) is 0 Å². The first-order chi connectivity index (χ1) is 5.46. The third-order valence-corrected chi connectivity index (χ3v) is 2.42. The second-order valence-corrected chi connectivity index (χ2v) is 3.27. The summed E-state index contributed by atoms with van der Waals surface area (Å²) in [5.74, 6) is -0.863. The van der Waals surface area contributed by atoms with Gasteiger partial charge in [-0.25, -0.2) is 4.39 Å². The second kappa shape index (κ2) is 3.26. The van der Waals surface area contributed by atoms with Gasteiger partial charge in [0.1, 0.15) is 24.5 Å². The fourth-order valence-electron chi connectivity index (χ4n) is 1.40. The lowest BCUT2D eigenvalue weighted by molar-refractivity contribution is -0.183. The number of aliphatic hydroxyl groups excluding tert-OH is 4. The molecule has 0 aliphatic heterocycles. The molecule has 0 aromatic carbocycles. The molecule has 1 saturated carbocycles. The topological polar surface area (TPSA) is 80.9 Å². The van der Waals surface area contributed by atoms with Crippen molar-refractivity contribution in [3.8, 4) is 0 Å². The Balaban J connectivity index is 2.76. The molecule has 1 aliphatic carbocycles. The van der Waals surface area contributed by atoms with Gasteiger partial charge < -0.3 is 20.4 Å². The quantitative estimate of drug-likeness (QED) is 0.362. The maximum absolute atomic E-state index is 13.0. The van der Waals surface area contributed by atoms with Gasteiger partial charge in [0.15, 0.2) is 0 Å². The molecule has 0 spiro atoms. The van der Waals surface area contributed by atoms with E-state index >= 15 is 0 Å². The number of hydrogen-bond donors (Lipinski definition) is 4. The van der Waals surface area contributed by atoms with Crippen LogP contribution in [-0.4, -0.2) is 51.0 Å². The highest BCUT2D eigenvalue weighted by Crippen LogP contribution is 2.28. The Morgan fingerprint density at radius 3 is 1.75 bits per heavy atom. The summed E-state index contributed by atoms with van der Waals surface area (Å²) in [5.41, 5.74) is 0. The first-order valence-electron chi connectivity index (χ1n) is 3.83. The highest BCUT2D eigenvalue weighted by molar-refractivity contribution is 4.96. The van der Waals surface area contributed by atoms with Crippen LogP contribution in [0, 0.1) is 5.92 Å². The highest BCUT2D eigenvalue weighted by Gasteiger charge is 2.46. The predicted octanol–water partition coefficient (Wildman–Crippen LogP) is -1.58. The van der Waals surface area contributed by atoms with E-state index in [4.69, 9.17) is 20.4 Å². The van der Waals surface area contributed by atoms with Crippen LogP contribution in [0.15, 0.2) is 0 Å². The Labute approximate surface area is 69.3 Å². The van der Waals surface area contributed by atoms with Crippen molar-refractivity contribution in [1.82, 2.24) is 0 Å². The summed E-state index contributed by atoms with van der Waals surface area (Å²) in [5, 5.41) is 36.2. The minimum absolute atomic E-state index is 0.863. The summed E-state index contributed by atoms with van der Waals surface area (Å²) in [4.78, 5) is 0. The monoisotopic (exact) mass is 180 g/mol. The van der Waals surface area contributed by atoms with Crippen LogP contribution in [0.5, 0.6) is 0 Å². The highest BCUT2D eigenvalue weighted by atomic mass is 19.1. The molecule has 5 heteroatoms. The van der Waals surface area contributed by atoms with E-state index in [2.05, 4.69) is 0 Å². The third-order valence-electron chi connectivity index (χ3n) is 2.42. The first kappa shape index (κ1) is 9.85. The van der Waals surface area contributed by atoms with Crippen LogP contribution in [-0.2, 0) is 0 Å². The van der Waals surface area contributed by atoms with Crippen LogP contribution >= 0.6 is 0 Å². The van der Waals surface area contributed by atoms with Gasteiger partial charge in [0.05, 0.1) is 6.10 Å². The Bertz CT molecular complexity index is 107.